The second-order valence-corrected chi connectivity index (χ2v) is 3.42. The standard InChI is InChI=1S/C10H9N5/c1-14-6-9(4-12-14)8-2-3-10-5-11-13-15(10)7-8/h2-7H,1H3. The van der Waals surface area contributed by atoms with Crippen LogP contribution in [0.25, 0.3) is 16.6 Å². The summed E-state index contributed by atoms with van der Waals surface area (Å²) >= 11 is 0. The normalized spacial score (nSPS) is 11.0. The first-order chi connectivity index (χ1) is 7.33. The van der Waals surface area contributed by atoms with E-state index in [1.54, 1.807) is 15.4 Å². The smallest absolute Gasteiger partial charge is 0.0865 e. The second kappa shape index (κ2) is 2.91. The van der Waals surface area contributed by atoms with Gasteiger partial charge in [-0.2, -0.15) is 5.10 Å². The topological polar surface area (TPSA) is 48.0 Å². The number of nitrogens with zero attached hydrogens (tertiary/aromatic N) is 5. The van der Waals surface area contributed by atoms with Crippen LogP contribution in [-0.2, 0) is 7.05 Å². The van der Waals surface area contributed by atoms with Crippen molar-refractivity contribution in [1.82, 2.24) is 24.6 Å². The van der Waals surface area contributed by atoms with Crippen LogP contribution >= 0.6 is 0 Å². The van der Waals surface area contributed by atoms with E-state index in [1.807, 2.05) is 37.8 Å². The number of aromatic nitrogens is 5. The van der Waals surface area contributed by atoms with Crippen molar-refractivity contribution in [2.24, 2.45) is 7.05 Å². The number of pyridine rings is 1. The fourth-order valence-corrected chi connectivity index (χ4v) is 1.56. The van der Waals surface area contributed by atoms with Crippen LogP contribution in [0.2, 0.25) is 0 Å². The summed E-state index contributed by atoms with van der Waals surface area (Å²) < 4.78 is 3.53. The van der Waals surface area contributed by atoms with E-state index >= 15 is 0 Å². The molecule has 0 saturated carbocycles. The molecule has 74 valence electrons. The monoisotopic (exact) mass is 199 g/mol. The Hall–Kier alpha value is -2.17. The third-order valence-electron chi connectivity index (χ3n) is 2.34. The Morgan fingerprint density at radius 3 is 2.80 bits per heavy atom. The van der Waals surface area contributed by atoms with Crippen LogP contribution in [-0.4, -0.2) is 24.6 Å². The van der Waals surface area contributed by atoms with Crippen LogP contribution in [0.3, 0.4) is 0 Å². The van der Waals surface area contributed by atoms with Crippen LogP contribution in [0.4, 0.5) is 0 Å². The fraction of sp³-hybridized carbons (Fsp3) is 0.100. The van der Waals surface area contributed by atoms with E-state index in [4.69, 9.17) is 0 Å². The van der Waals surface area contributed by atoms with Crippen molar-refractivity contribution in [3.8, 4) is 11.1 Å². The molecular formula is C10H9N5. The number of hydrogen-bond acceptors (Lipinski definition) is 3. The van der Waals surface area contributed by atoms with Gasteiger partial charge in [0.25, 0.3) is 0 Å². The zero-order valence-electron chi connectivity index (χ0n) is 8.20. The summed E-state index contributed by atoms with van der Waals surface area (Å²) in [5.41, 5.74) is 3.15. The van der Waals surface area contributed by atoms with Crippen molar-refractivity contribution in [1.29, 1.82) is 0 Å². The van der Waals surface area contributed by atoms with Gasteiger partial charge in [-0.15, -0.1) is 5.10 Å². The molecule has 3 heterocycles. The van der Waals surface area contributed by atoms with Gasteiger partial charge < -0.3 is 0 Å². The molecule has 0 N–H and O–H groups in total. The van der Waals surface area contributed by atoms with Gasteiger partial charge in [0.05, 0.1) is 17.9 Å². The Kier molecular flexibility index (Phi) is 1.58. The van der Waals surface area contributed by atoms with E-state index < -0.39 is 0 Å². The molecular weight excluding hydrogens is 190 g/mol. The predicted molar refractivity (Wildman–Crippen MR) is 55.2 cm³/mol. The molecule has 0 amide bonds. The van der Waals surface area contributed by atoms with E-state index in [9.17, 15) is 0 Å². The van der Waals surface area contributed by atoms with Gasteiger partial charge in [-0.05, 0) is 6.07 Å². The lowest BCUT2D eigenvalue weighted by Gasteiger charge is -1.97. The quantitative estimate of drug-likeness (QED) is 0.590. The lowest BCUT2D eigenvalue weighted by molar-refractivity contribution is 0.768. The van der Waals surface area contributed by atoms with Gasteiger partial charge in [0, 0.05) is 30.6 Å². The molecule has 3 aromatic heterocycles. The number of hydrogen-bond donors (Lipinski definition) is 0. The van der Waals surface area contributed by atoms with Crippen LogP contribution in [0.5, 0.6) is 0 Å². The molecule has 0 aromatic carbocycles. The minimum Gasteiger partial charge on any atom is -0.275 e. The molecule has 5 nitrogen and oxygen atoms in total. The van der Waals surface area contributed by atoms with E-state index in [1.165, 1.54) is 0 Å². The molecule has 5 heteroatoms. The maximum atomic E-state index is 4.13. The van der Waals surface area contributed by atoms with E-state index in [-0.39, 0.29) is 0 Å². The van der Waals surface area contributed by atoms with E-state index in [2.05, 4.69) is 15.4 Å². The molecule has 0 radical (unpaired) electrons. The largest absolute Gasteiger partial charge is 0.275 e. The number of fused-ring (bicyclic) bond motifs is 1. The van der Waals surface area contributed by atoms with Gasteiger partial charge in [-0.1, -0.05) is 11.3 Å². The first kappa shape index (κ1) is 8.16. The Labute approximate surface area is 86.0 Å². The number of rotatable bonds is 1. The first-order valence-corrected chi connectivity index (χ1v) is 4.62. The highest BCUT2D eigenvalue weighted by atomic mass is 15.4. The third kappa shape index (κ3) is 1.28. The van der Waals surface area contributed by atoms with Crippen molar-refractivity contribution >= 4 is 5.52 Å². The molecule has 0 fully saturated rings. The van der Waals surface area contributed by atoms with Crippen LogP contribution in [0.15, 0.2) is 36.9 Å². The van der Waals surface area contributed by atoms with Crippen LogP contribution in [0.1, 0.15) is 0 Å². The van der Waals surface area contributed by atoms with E-state index in [0.29, 0.717) is 0 Å². The lowest BCUT2D eigenvalue weighted by atomic mass is 10.2. The number of aryl methyl sites for hydroxylation is 1. The minimum absolute atomic E-state index is 0.989. The summed E-state index contributed by atoms with van der Waals surface area (Å²) in [6.07, 6.45) is 7.47. The van der Waals surface area contributed by atoms with Gasteiger partial charge in [-0.25, -0.2) is 4.52 Å². The van der Waals surface area contributed by atoms with Gasteiger partial charge in [0.1, 0.15) is 0 Å². The first-order valence-electron chi connectivity index (χ1n) is 4.62. The lowest BCUT2D eigenvalue weighted by Crippen LogP contribution is -1.88. The molecule has 0 aliphatic carbocycles. The van der Waals surface area contributed by atoms with Gasteiger partial charge in [0.2, 0.25) is 0 Å². The summed E-state index contributed by atoms with van der Waals surface area (Å²) in [7, 11) is 1.90. The summed E-state index contributed by atoms with van der Waals surface area (Å²) in [6.45, 7) is 0. The average molecular weight is 199 g/mol. The van der Waals surface area contributed by atoms with Crippen molar-refractivity contribution in [3.05, 3.63) is 36.9 Å². The van der Waals surface area contributed by atoms with Crippen LogP contribution < -0.4 is 0 Å². The maximum Gasteiger partial charge on any atom is 0.0865 e. The van der Waals surface area contributed by atoms with Gasteiger partial charge >= 0.3 is 0 Å². The van der Waals surface area contributed by atoms with Gasteiger partial charge in [0.15, 0.2) is 0 Å². The Morgan fingerprint density at radius 2 is 2.00 bits per heavy atom. The third-order valence-corrected chi connectivity index (χ3v) is 2.34. The molecule has 3 rings (SSSR count). The molecule has 0 saturated heterocycles. The molecule has 0 bridgehead atoms. The Morgan fingerprint density at radius 1 is 1.07 bits per heavy atom. The van der Waals surface area contributed by atoms with Crippen molar-refractivity contribution in [3.63, 3.8) is 0 Å². The Balaban J connectivity index is 2.18. The van der Waals surface area contributed by atoms with Crippen molar-refractivity contribution in [2.45, 2.75) is 0 Å². The molecule has 0 spiro atoms. The highest BCUT2D eigenvalue weighted by Gasteiger charge is 2.02. The zero-order valence-corrected chi connectivity index (χ0v) is 8.20. The van der Waals surface area contributed by atoms with E-state index in [0.717, 1.165) is 16.6 Å². The molecule has 3 aromatic rings. The zero-order chi connectivity index (χ0) is 10.3. The molecule has 0 aliphatic rings. The Bertz CT molecular complexity index is 607. The summed E-state index contributed by atoms with van der Waals surface area (Å²) in [5.74, 6) is 0. The second-order valence-electron chi connectivity index (χ2n) is 3.42. The van der Waals surface area contributed by atoms with Crippen molar-refractivity contribution < 1.29 is 0 Å². The summed E-state index contributed by atoms with van der Waals surface area (Å²) in [4.78, 5) is 0. The highest BCUT2D eigenvalue weighted by molar-refractivity contribution is 5.63. The minimum atomic E-state index is 0.989. The maximum absolute atomic E-state index is 4.13. The highest BCUT2D eigenvalue weighted by Crippen LogP contribution is 2.18. The summed E-state index contributed by atoms with van der Waals surface area (Å²) in [5, 5.41) is 11.9. The SMILES string of the molecule is Cn1cc(-c2ccc3cnnn3c2)cn1. The molecule has 15 heavy (non-hydrogen) atoms. The molecule has 0 atom stereocenters. The molecule has 0 unspecified atom stereocenters. The molecule has 0 aliphatic heterocycles. The van der Waals surface area contributed by atoms with Crippen LogP contribution in [0, 0.1) is 0 Å². The van der Waals surface area contributed by atoms with Gasteiger partial charge in [-0.3, -0.25) is 4.68 Å². The van der Waals surface area contributed by atoms with Crippen molar-refractivity contribution in [2.75, 3.05) is 0 Å². The average Bonchev–Trinajstić information content (AvgIpc) is 2.84. The summed E-state index contributed by atoms with van der Waals surface area (Å²) in [6, 6.07) is 4.03. The fourth-order valence-electron chi connectivity index (χ4n) is 1.56. The predicted octanol–water partition coefficient (Wildman–Crippen LogP) is 1.13.